The fraction of sp³-hybridized carbons (Fsp3) is 0.810. The summed E-state index contributed by atoms with van der Waals surface area (Å²) >= 11 is 0. The molecule has 2 heteroatoms. The second-order valence-electron chi connectivity index (χ2n) is 9.04. The Labute approximate surface area is 139 Å². The van der Waals surface area contributed by atoms with Gasteiger partial charge in [-0.15, -0.1) is 6.42 Å². The molecule has 23 heavy (non-hydrogen) atoms. The molecule has 1 N–H and O–H groups in total. The smallest absolute Gasteiger partial charge is 0.161 e. The highest BCUT2D eigenvalue weighted by molar-refractivity contribution is 5.30. The van der Waals surface area contributed by atoms with Crippen LogP contribution in [-0.2, 0) is 0 Å². The highest BCUT2D eigenvalue weighted by Crippen LogP contribution is 2.67. The lowest BCUT2D eigenvalue weighted by molar-refractivity contribution is -0.106. The number of aliphatic hydroxyl groups is 1. The molecule has 0 heterocycles. The predicted molar refractivity (Wildman–Crippen MR) is 90.4 cm³/mol. The molecule has 3 saturated carbocycles. The Morgan fingerprint density at radius 1 is 1.26 bits per heavy atom. The number of hydrogen-bond acceptors (Lipinski definition) is 1. The van der Waals surface area contributed by atoms with E-state index < -0.39 is 17.2 Å². The first-order valence-corrected chi connectivity index (χ1v) is 9.40. The van der Waals surface area contributed by atoms with E-state index in [9.17, 15) is 9.50 Å². The molecule has 4 rings (SSSR count). The Morgan fingerprint density at radius 3 is 2.78 bits per heavy atom. The number of terminal acetylenes is 1. The van der Waals surface area contributed by atoms with E-state index in [-0.39, 0.29) is 5.92 Å². The Hall–Kier alpha value is -0.810. The van der Waals surface area contributed by atoms with Gasteiger partial charge < -0.3 is 5.11 Å². The summed E-state index contributed by atoms with van der Waals surface area (Å²) in [6, 6.07) is 0. The third-order valence-electron chi connectivity index (χ3n) is 8.41. The highest BCUT2D eigenvalue weighted by atomic mass is 19.1. The Bertz CT molecular complexity index is 589. The molecule has 0 unspecified atom stereocenters. The van der Waals surface area contributed by atoms with Crippen LogP contribution in [-0.4, -0.2) is 16.9 Å². The normalized spacial score (nSPS) is 55.2. The SMILES string of the molecule is C#C[C@]1(O)[C@H](F)C[C@H]2[C@@H]3CC=C4CCCC[C@]4(C)[C@H]3CC[C@@]21C. The summed E-state index contributed by atoms with van der Waals surface area (Å²) in [7, 11) is 0. The quantitative estimate of drug-likeness (QED) is 0.509. The molecule has 126 valence electrons. The van der Waals surface area contributed by atoms with E-state index in [0.29, 0.717) is 23.7 Å². The lowest BCUT2D eigenvalue weighted by atomic mass is 9.47. The van der Waals surface area contributed by atoms with Crippen LogP contribution in [0, 0.1) is 40.9 Å². The van der Waals surface area contributed by atoms with Crippen LogP contribution in [0.4, 0.5) is 4.39 Å². The second-order valence-corrected chi connectivity index (χ2v) is 9.04. The zero-order chi connectivity index (χ0) is 16.5. The van der Waals surface area contributed by atoms with Crippen molar-refractivity contribution in [1.29, 1.82) is 0 Å². The summed E-state index contributed by atoms with van der Waals surface area (Å²) < 4.78 is 14.7. The Kier molecular flexibility index (Phi) is 3.31. The van der Waals surface area contributed by atoms with E-state index in [2.05, 4.69) is 25.8 Å². The fourth-order valence-corrected chi connectivity index (χ4v) is 6.93. The maximum atomic E-state index is 14.7. The molecule has 3 fully saturated rings. The van der Waals surface area contributed by atoms with E-state index in [4.69, 9.17) is 6.42 Å². The van der Waals surface area contributed by atoms with Gasteiger partial charge in [0, 0.05) is 5.41 Å². The van der Waals surface area contributed by atoms with Gasteiger partial charge in [-0.25, -0.2) is 4.39 Å². The second kappa shape index (κ2) is 4.85. The first-order valence-electron chi connectivity index (χ1n) is 9.40. The molecule has 0 aromatic rings. The average molecular weight is 316 g/mol. The van der Waals surface area contributed by atoms with Crippen LogP contribution in [0.5, 0.6) is 0 Å². The lowest BCUT2D eigenvalue weighted by Crippen LogP contribution is -2.55. The van der Waals surface area contributed by atoms with Gasteiger partial charge in [-0.05, 0) is 68.1 Å². The summed E-state index contributed by atoms with van der Waals surface area (Å²) in [5.74, 6) is 3.81. The van der Waals surface area contributed by atoms with Crippen molar-refractivity contribution in [2.75, 3.05) is 0 Å². The molecule has 4 aliphatic rings. The molecule has 0 aliphatic heterocycles. The molecule has 0 aromatic heterocycles. The number of hydrogen-bond donors (Lipinski definition) is 1. The van der Waals surface area contributed by atoms with Gasteiger partial charge in [0.25, 0.3) is 0 Å². The van der Waals surface area contributed by atoms with E-state index in [1.807, 2.05) is 0 Å². The number of alkyl halides is 1. The van der Waals surface area contributed by atoms with E-state index >= 15 is 0 Å². The molecule has 0 saturated heterocycles. The van der Waals surface area contributed by atoms with E-state index in [0.717, 1.165) is 19.3 Å². The van der Waals surface area contributed by atoms with Crippen LogP contribution in [0.1, 0.15) is 65.2 Å². The Balaban J connectivity index is 1.73. The van der Waals surface area contributed by atoms with Gasteiger partial charge in [-0.3, -0.25) is 0 Å². The highest BCUT2D eigenvalue weighted by Gasteiger charge is 2.67. The molecule has 0 spiro atoms. The van der Waals surface area contributed by atoms with Crippen LogP contribution >= 0.6 is 0 Å². The number of rotatable bonds is 0. The van der Waals surface area contributed by atoms with Crippen molar-refractivity contribution in [3.05, 3.63) is 11.6 Å². The number of fused-ring (bicyclic) bond motifs is 5. The van der Waals surface area contributed by atoms with Gasteiger partial charge >= 0.3 is 0 Å². The maximum Gasteiger partial charge on any atom is 0.161 e. The van der Waals surface area contributed by atoms with Crippen LogP contribution in [0.3, 0.4) is 0 Å². The minimum absolute atomic E-state index is 0.217. The van der Waals surface area contributed by atoms with Gasteiger partial charge in [0.1, 0.15) is 6.17 Å². The summed E-state index contributed by atoms with van der Waals surface area (Å²) in [6.45, 7) is 4.50. The third kappa shape index (κ3) is 1.78. The minimum atomic E-state index is -1.57. The molecule has 7 atom stereocenters. The first-order chi connectivity index (χ1) is 10.9. The van der Waals surface area contributed by atoms with Crippen LogP contribution < -0.4 is 0 Å². The monoisotopic (exact) mass is 316 g/mol. The van der Waals surface area contributed by atoms with E-state index in [1.54, 1.807) is 5.57 Å². The van der Waals surface area contributed by atoms with Crippen molar-refractivity contribution in [2.45, 2.75) is 77.0 Å². The van der Waals surface area contributed by atoms with Crippen molar-refractivity contribution in [3.8, 4) is 12.3 Å². The molecular formula is C21H29FO. The maximum absolute atomic E-state index is 14.7. The summed E-state index contributed by atoms with van der Waals surface area (Å²) in [5.41, 5.74) is -0.0557. The Morgan fingerprint density at radius 2 is 2.04 bits per heavy atom. The van der Waals surface area contributed by atoms with Crippen molar-refractivity contribution in [1.82, 2.24) is 0 Å². The van der Waals surface area contributed by atoms with Gasteiger partial charge in [0.05, 0.1) is 0 Å². The van der Waals surface area contributed by atoms with Crippen molar-refractivity contribution in [2.24, 2.45) is 28.6 Å². The van der Waals surface area contributed by atoms with Gasteiger partial charge in [-0.2, -0.15) is 0 Å². The van der Waals surface area contributed by atoms with Crippen LogP contribution in [0.25, 0.3) is 0 Å². The van der Waals surface area contributed by atoms with Crippen molar-refractivity contribution >= 4 is 0 Å². The zero-order valence-corrected chi connectivity index (χ0v) is 14.4. The zero-order valence-electron chi connectivity index (χ0n) is 14.4. The lowest BCUT2D eigenvalue weighted by Gasteiger charge is -2.58. The molecule has 0 radical (unpaired) electrons. The molecular weight excluding hydrogens is 287 g/mol. The predicted octanol–water partition coefficient (Wildman–Crippen LogP) is 4.65. The molecule has 0 amide bonds. The van der Waals surface area contributed by atoms with Crippen LogP contribution in [0.2, 0.25) is 0 Å². The number of allylic oxidation sites excluding steroid dienone is 2. The topological polar surface area (TPSA) is 20.2 Å². The summed E-state index contributed by atoms with van der Waals surface area (Å²) in [5, 5.41) is 10.9. The number of halogens is 1. The summed E-state index contributed by atoms with van der Waals surface area (Å²) in [4.78, 5) is 0. The average Bonchev–Trinajstić information content (AvgIpc) is 2.75. The first kappa shape index (κ1) is 15.7. The van der Waals surface area contributed by atoms with Gasteiger partial charge in [-0.1, -0.05) is 37.8 Å². The van der Waals surface area contributed by atoms with E-state index in [1.165, 1.54) is 25.7 Å². The standard InChI is InChI=1S/C21H29FO/c1-4-21(23)18(22)13-17-15-9-8-14-7-5-6-11-19(14,2)16(15)10-12-20(17,21)3/h1,8,15-18,23H,5-7,9-13H2,2-3H3/t15-,16+,17+,18-,19+,20+,21+/m1/s1. The van der Waals surface area contributed by atoms with Crippen molar-refractivity contribution < 1.29 is 9.50 Å². The fourth-order valence-electron chi connectivity index (χ4n) is 6.93. The molecule has 4 aliphatic carbocycles. The minimum Gasteiger partial charge on any atom is -0.374 e. The van der Waals surface area contributed by atoms with Gasteiger partial charge in [0.15, 0.2) is 5.60 Å². The van der Waals surface area contributed by atoms with Crippen LogP contribution in [0.15, 0.2) is 11.6 Å². The van der Waals surface area contributed by atoms with Gasteiger partial charge in [0.2, 0.25) is 0 Å². The summed E-state index contributed by atoms with van der Waals surface area (Å²) in [6.07, 6.45) is 15.4. The third-order valence-corrected chi connectivity index (χ3v) is 8.41. The molecule has 0 bridgehead atoms. The largest absolute Gasteiger partial charge is 0.374 e. The molecule has 0 aromatic carbocycles. The van der Waals surface area contributed by atoms with Crippen molar-refractivity contribution in [3.63, 3.8) is 0 Å². The molecule has 1 nitrogen and oxygen atoms in total.